The van der Waals surface area contributed by atoms with Crippen LogP contribution in [0.15, 0.2) is 12.1 Å². The molecule has 0 spiro atoms. The molecule has 1 aromatic rings. The second kappa shape index (κ2) is 6.11. The number of carbonyl (C=O) groups is 2. The van der Waals surface area contributed by atoms with E-state index in [4.69, 9.17) is 20.2 Å². The highest BCUT2D eigenvalue weighted by Gasteiger charge is 2.54. The predicted octanol–water partition coefficient (Wildman–Crippen LogP) is -0.0198. The molecule has 1 saturated heterocycles. The number of carboxylic acid groups (broad SMARTS) is 2. The molecule has 2 heterocycles. The van der Waals surface area contributed by atoms with Gasteiger partial charge in [-0.1, -0.05) is 6.07 Å². The third-order valence-electron chi connectivity index (χ3n) is 5.47. The van der Waals surface area contributed by atoms with Crippen LogP contribution in [0.5, 0.6) is 11.5 Å². The lowest BCUT2D eigenvalue weighted by Crippen LogP contribution is -2.62. The smallest absolute Gasteiger partial charge is 0.526 e. The first kappa shape index (κ1) is 18.1. The van der Waals surface area contributed by atoms with Crippen molar-refractivity contribution >= 4 is 19.1 Å². The van der Waals surface area contributed by atoms with Gasteiger partial charge >= 0.3 is 19.1 Å². The zero-order chi connectivity index (χ0) is 19.5. The molecule has 1 saturated carbocycles. The summed E-state index contributed by atoms with van der Waals surface area (Å²) in [4.78, 5) is 24.7. The predicted molar refractivity (Wildman–Crippen MR) is 94.2 cm³/mol. The van der Waals surface area contributed by atoms with E-state index in [0.717, 1.165) is 12.0 Å². The molecular weight excluding hydrogens is 355 g/mol. The minimum Gasteiger partial charge on any atom is -0.535 e. The molecule has 2 fully saturated rings. The lowest BCUT2D eigenvalue weighted by Gasteiger charge is -2.42. The highest BCUT2D eigenvalue weighted by Crippen LogP contribution is 2.60. The Bertz CT molecular complexity index is 809. The van der Waals surface area contributed by atoms with Gasteiger partial charge in [-0.15, -0.1) is 0 Å². The molecule has 0 radical (unpaired) electrons. The Kier molecular flexibility index (Phi) is 4.10. The molecule has 3 unspecified atom stereocenters. The van der Waals surface area contributed by atoms with Crippen molar-refractivity contribution in [1.29, 1.82) is 0 Å². The fraction of sp³-hybridized carbons (Fsp3) is 0.529. The number of rotatable bonds is 6. The van der Waals surface area contributed by atoms with Crippen molar-refractivity contribution in [1.82, 2.24) is 4.90 Å². The number of carboxylic acids is 2. The minimum atomic E-state index is -1.35. The van der Waals surface area contributed by atoms with Crippen molar-refractivity contribution in [3.63, 3.8) is 0 Å². The van der Waals surface area contributed by atoms with Crippen LogP contribution >= 0.6 is 0 Å². The third-order valence-corrected chi connectivity index (χ3v) is 5.47. The van der Waals surface area contributed by atoms with Gasteiger partial charge in [-0.2, -0.15) is 0 Å². The molecule has 9 nitrogen and oxygen atoms in total. The summed E-state index contributed by atoms with van der Waals surface area (Å²) >= 11 is 0. The molecule has 1 aliphatic carbocycles. The quantitative estimate of drug-likeness (QED) is 0.504. The average Bonchev–Trinajstić information content (AvgIpc) is 3.33. The summed E-state index contributed by atoms with van der Waals surface area (Å²) in [7, 11) is -0.992. The average molecular weight is 376 g/mol. The number of likely N-dealkylation sites (tertiary alicyclic amines) is 1. The minimum absolute atomic E-state index is 0.0333. The lowest BCUT2D eigenvalue weighted by molar-refractivity contribution is -0.144. The first-order chi connectivity index (χ1) is 12.7. The number of hydrogen-bond acceptors (Lipinski definition) is 7. The van der Waals surface area contributed by atoms with Crippen molar-refractivity contribution in [2.75, 3.05) is 19.6 Å². The fourth-order valence-corrected chi connectivity index (χ4v) is 3.83. The number of fused-ring (bicyclic) bond motifs is 3. The molecule has 144 valence electrons. The summed E-state index contributed by atoms with van der Waals surface area (Å²) in [6, 6.07) is 3.43. The van der Waals surface area contributed by atoms with Crippen molar-refractivity contribution in [2.45, 2.75) is 36.7 Å². The van der Waals surface area contributed by atoms with E-state index in [1.807, 2.05) is 4.90 Å². The van der Waals surface area contributed by atoms with Gasteiger partial charge in [-0.3, -0.25) is 9.69 Å². The zero-order valence-electron chi connectivity index (χ0n) is 14.8. The highest BCUT2D eigenvalue weighted by molar-refractivity contribution is 6.48. The molecule has 1 aromatic carbocycles. The number of aromatic carboxylic acids is 1. The Morgan fingerprint density at radius 1 is 1.41 bits per heavy atom. The van der Waals surface area contributed by atoms with Crippen molar-refractivity contribution in [3.8, 4) is 11.5 Å². The molecule has 0 aromatic heterocycles. The van der Waals surface area contributed by atoms with Gasteiger partial charge in [0.15, 0.2) is 0 Å². The van der Waals surface area contributed by atoms with Gasteiger partial charge in [0.2, 0.25) is 0 Å². The molecule has 5 N–H and O–H groups in total. The van der Waals surface area contributed by atoms with Crippen LogP contribution in [0.3, 0.4) is 0 Å². The summed E-state index contributed by atoms with van der Waals surface area (Å²) < 4.78 is 11.3. The van der Waals surface area contributed by atoms with Crippen molar-refractivity contribution < 1.29 is 34.2 Å². The Morgan fingerprint density at radius 2 is 2.11 bits per heavy atom. The number of nitrogens with zero attached hydrogens (tertiary/aromatic N) is 1. The molecular formula is C17H21BN2O7. The molecule has 0 amide bonds. The van der Waals surface area contributed by atoms with E-state index in [0.29, 0.717) is 13.1 Å². The van der Waals surface area contributed by atoms with Gasteiger partial charge in [0.05, 0.1) is 0 Å². The third kappa shape index (κ3) is 3.13. The van der Waals surface area contributed by atoms with E-state index >= 15 is 0 Å². The van der Waals surface area contributed by atoms with Crippen LogP contribution in [-0.4, -0.2) is 70.5 Å². The molecule has 2 aliphatic heterocycles. The summed E-state index contributed by atoms with van der Waals surface area (Å²) in [5.74, 6) is -1.72. The zero-order valence-corrected chi connectivity index (χ0v) is 14.8. The van der Waals surface area contributed by atoms with Gasteiger partial charge in [0.1, 0.15) is 28.7 Å². The monoisotopic (exact) mass is 376 g/mol. The number of aliphatic carboxylic acids is 1. The topological polar surface area (TPSA) is 143 Å². The van der Waals surface area contributed by atoms with Gasteiger partial charge in [0.25, 0.3) is 0 Å². The number of nitrogens with two attached hydrogens (primary N) is 1. The Hall–Kier alpha value is -2.30. The fourth-order valence-electron chi connectivity index (χ4n) is 3.83. The van der Waals surface area contributed by atoms with Crippen LogP contribution in [0.1, 0.15) is 35.2 Å². The van der Waals surface area contributed by atoms with Crippen LogP contribution in [0.2, 0.25) is 5.82 Å². The molecule has 3 atom stereocenters. The van der Waals surface area contributed by atoms with Crippen LogP contribution in [0.4, 0.5) is 0 Å². The molecule has 0 bridgehead atoms. The van der Waals surface area contributed by atoms with E-state index in [1.165, 1.54) is 6.92 Å². The summed E-state index contributed by atoms with van der Waals surface area (Å²) in [6.45, 7) is 2.52. The molecule has 4 rings (SSSR count). The number of benzene rings is 1. The van der Waals surface area contributed by atoms with Gasteiger partial charge in [0, 0.05) is 25.5 Å². The Balaban J connectivity index is 1.47. The first-order valence-electron chi connectivity index (χ1n) is 8.83. The maximum atomic E-state index is 11.8. The van der Waals surface area contributed by atoms with Gasteiger partial charge in [-0.25, -0.2) is 4.79 Å². The Labute approximate surface area is 155 Å². The van der Waals surface area contributed by atoms with Crippen LogP contribution < -0.4 is 15.1 Å². The maximum Gasteiger partial charge on any atom is 0.526 e. The van der Waals surface area contributed by atoms with E-state index < -0.39 is 24.6 Å². The highest BCUT2D eigenvalue weighted by atomic mass is 16.5. The van der Waals surface area contributed by atoms with E-state index in [-0.39, 0.29) is 41.4 Å². The van der Waals surface area contributed by atoms with Gasteiger partial charge < -0.3 is 30.4 Å². The standard InChI is InChI=1S/C17H21BN2O7/c1-17(19,16(23)24)7-20-5-8(6-20)26-12-3-2-9-10-4-11(10)18(25)27-14(9)13(12)15(21)22/h2-3,8,10-11,25H,4-7,19H2,1H3,(H,21,22)(H,23,24). The molecule has 27 heavy (non-hydrogen) atoms. The van der Waals surface area contributed by atoms with Gasteiger partial charge in [-0.05, 0) is 30.9 Å². The maximum absolute atomic E-state index is 11.8. The second-order valence-corrected chi connectivity index (χ2v) is 7.83. The lowest BCUT2D eigenvalue weighted by atomic mass is 9.77. The van der Waals surface area contributed by atoms with Crippen LogP contribution in [0, 0.1) is 0 Å². The van der Waals surface area contributed by atoms with Crippen LogP contribution in [-0.2, 0) is 4.79 Å². The normalized spacial score (nSPS) is 26.1. The van der Waals surface area contributed by atoms with Crippen molar-refractivity contribution in [2.24, 2.45) is 5.73 Å². The summed E-state index contributed by atoms with van der Waals surface area (Å²) in [5, 5.41) is 28.7. The summed E-state index contributed by atoms with van der Waals surface area (Å²) in [6.07, 6.45) is 0.514. The first-order valence-corrected chi connectivity index (χ1v) is 8.83. The van der Waals surface area contributed by atoms with E-state index in [2.05, 4.69) is 0 Å². The summed E-state index contributed by atoms with van der Waals surface area (Å²) in [5.41, 5.74) is 5.10. The van der Waals surface area contributed by atoms with Crippen molar-refractivity contribution in [3.05, 3.63) is 23.3 Å². The molecule has 10 heteroatoms. The largest absolute Gasteiger partial charge is 0.535 e. The van der Waals surface area contributed by atoms with Crippen LogP contribution in [0.25, 0.3) is 0 Å². The number of ether oxygens (including phenoxy) is 1. The number of hydrogen-bond donors (Lipinski definition) is 4. The Morgan fingerprint density at radius 3 is 2.74 bits per heavy atom. The second-order valence-electron chi connectivity index (χ2n) is 7.83. The molecule has 3 aliphatic rings. The van der Waals surface area contributed by atoms with E-state index in [1.54, 1.807) is 12.1 Å². The SMILES string of the molecule is CC(N)(CN1CC(Oc2ccc3c(c2C(=O)O)OB(O)C2CC32)C1)C(=O)O. The van der Waals surface area contributed by atoms with E-state index in [9.17, 15) is 19.7 Å².